The Morgan fingerprint density at radius 1 is 1.33 bits per heavy atom. The summed E-state index contributed by atoms with van der Waals surface area (Å²) < 4.78 is 1.56. The van der Waals surface area contributed by atoms with Gasteiger partial charge in [-0.1, -0.05) is 26.0 Å². The fourth-order valence-electron chi connectivity index (χ4n) is 2.04. The van der Waals surface area contributed by atoms with Crippen LogP contribution >= 0.6 is 12.2 Å². The summed E-state index contributed by atoms with van der Waals surface area (Å²) in [6, 6.07) is 7.49. The molecule has 0 bridgehead atoms. The molecule has 110 valence electrons. The first kappa shape index (κ1) is 15.2. The first-order valence-electron chi connectivity index (χ1n) is 6.56. The second-order valence-corrected chi connectivity index (χ2v) is 5.46. The van der Waals surface area contributed by atoms with Gasteiger partial charge in [-0.25, -0.2) is 0 Å². The largest absolute Gasteiger partial charge is 0.481 e. The molecular formula is C15H16N2O3S. The maximum absolute atomic E-state index is 12.4. The third-order valence-corrected chi connectivity index (χ3v) is 3.51. The zero-order chi connectivity index (χ0) is 15.6. The number of nitrogens with one attached hydrogen (secondary N) is 1. The highest BCUT2D eigenvalue weighted by atomic mass is 32.1. The van der Waals surface area contributed by atoms with Crippen LogP contribution in [0.5, 0.6) is 0 Å². The van der Waals surface area contributed by atoms with E-state index in [1.807, 2.05) is 24.3 Å². The van der Waals surface area contributed by atoms with Gasteiger partial charge in [-0.15, -0.1) is 0 Å². The van der Waals surface area contributed by atoms with Gasteiger partial charge in [-0.05, 0) is 35.8 Å². The van der Waals surface area contributed by atoms with Crippen LogP contribution in [0, 0.1) is 4.77 Å². The zero-order valence-corrected chi connectivity index (χ0v) is 12.6. The standard InChI is InChI=1S/C15H16N2O3S/c1-9(2)10-3-5-12(6-4-10)17-14(20)11(7-13(18)19)8-16-15(17)21/h3-6,8-9H,7H2,1-2H3,(H,16,21)(H,18,19). The second-order valence-electron chi connectivity index (χ2n) is 5.08. The van der Waals surface area contributed by atoms with Gasteiger partial charge >= 0.3 is 5.97 Å². The number of hydrogen-bond acceptors (Lipinski definition) is 3. The smallest absolute Gasteiger partial charge is 0.308 e. The Kier molecular flexibility index (Phi) is 4.37. The maximum atomic E-state index is 12.4. The fourth-order valence-corrected chi connectivity index (χ4v) is 2.29. The Balaban J connectivity index is 2.55. The number of H-pyrrole nitrogens is 1. The zero-order valence-electron chi connectivity index (χ0n) is 11.8. The summed E-state index contributed by atoms with van der Waals surface area (Å²) in [5, 5.41) is 8.83. The molecule has 0 spiro atoms. The number of aromatic nitrogens is 2. The van der Waals surface area contributed by atoms with Gasteiger partial charge in [-0.2, -0.15) is 0 Å². The number of aromatic amines is 1. The van der Waals surface area contributed by atoms with Crippen molar-refractivity contribution in [2.75, 3.05) is 0 Å². The van der Waals surface area contributed by atoms with Gasteiger partial charge in [0.1, 0.15) is 0 Å². The quantitative estimate of drug-likeness (QED) is 0.852. The van der Waals surface area contributed by atoms with Crippen molar-refractivity contribution in [3.8, 4) is 5.69 Å². The number of aliphatic carboxylic acids is 1. The molecule has 0 unspecified atom stereocenters. The highest BCUT2D eigenvalue weighted by Crippen LogP contribution is 2.16. The molecule has 0 saturated carbocycles. The molecular weight excluding hydrogens is 288 g/mol. The highest BCUT2D eigenvalue weighted by Gasteiger charge is 2.11. The molecule has 2 N–H and O–H groups in total. The van der Waals surface area contributed by atoms with Crippen LogP contribution in [0.2, 0.25) is 0 Å². The minimum atomic E-state index is -1.06. The number of hydrogen-bond donors (Lipinski definition) is 2. The Labute approximate surface area is 126 Å². The van der Waals surface area contributed by atoms with Crippen LogP contribution in [0.25, 0.3) is 5.69 Å². The van der Waals surface area contributed by atoms with Crippen molar-refractivity contribution in [1.29, 1.82) is 0 Å². The predicted molar refractivity (Wildman–Crippen MR) is 82.7 cm³/mol. The van der Waals surface area contributed by atoms with E-state index in [1.165, 1.54) is 10.8 Å². The SMILES string of the molecule is CC(C)c1ccc(-n2c(=S)[nH]cc(CC(=O)O)c2=O)cc1. The van der Waals surface area contributed by atoms with Crippen molar-refractivity contribution >= 4 is 18.2 Å². The number of carbonyl (C=O) groups is 1. The number of carboxylic acids is 1. The Morgan fingerprint density at radius 3 is 2.48 bits per heavy atom. The Morgan fingerprint density at radius 2 is 1.95 bits per heavy atom. The molecule has 0 saturated heterocycles. The second kappa shape index (κ2) is 6.05. The van der Waals surface area contributed by atoms with Gasteiger partial charge in [0, 0.05) is 11.8 Å². The van der Waals surface area contributed by atoms with Crippen molar-refractivity contribution in [1.82, 2.24) is 9.55 Å². The van der Waals surface area contributed by atoms with Crippen LogP contribution in [0.1, 0.15) is 30.9 Å². The molecule has 0 aliphatic rings. The average molecular weight is 304 g/mol. The van der Waals surface area contributed by atoms with Crippen LogP contribution in [-0.4, -0.2) is 20.6 Å². The van der Waals surface area contributed by atoms with Gasteiger partial charge in [0.15, 0.2) is 4.77 Å². The topological polar surface area (TPSA) is 75.1 Å². The first-order valence-corrected chi connectivity index (χ1v) is 6.96. The van der Waals surface area contributed by atoms with Crippen molar-refractivity contribution < 1.29 is 9.90 Å². The summed E-state index contributed by atoms with van der Waals surface area (Å²) in [4.78, 5) is 25.9. The number of rotatable bonds is 4. The average Bonchev–Trinajstić information content (AvgIpc) is 2.42. The summed E-state index contributed by atoms with van der Waals surface area (Å²) >= 11 is 5.14. The lowest BCUT2D eigenvalue weighted by Crippen LogP contribution is -2.25. The molecule has 1 aromatic carbocycles. The van der Waals surface area contributed by atoms with Crippen LogP contribution in [0.15, 0.2) is 35.3 Å². The number of carboxylic acid groups (broad SMARTS) is 1. The molecule has 2 rings (SSSR count). The van der Waals surface area contributed by atoms with Crippen LogP contribution in [0.3, 0.4) is 0 Å². The molecule has 0 fully saturated rings. The van der Waals surface area contributed by atoms with E-state index in [0.29, 0.717) is 11.6 Å². The summed E-state index contributed by atoms with van der Waals surface area (Å²) in [7, 11) is 0. The van der Waals surface area contributed by atoms with E-state index in [9.17, 15) is 9.59 Å². The summed E-state index contributed by atoms with van der Waals surface area (Å²) in [5.74, 6) is -0.664. The van der Waals surface area contributed by atoms with Crippen molar-refractivity contribution in [3.63, 3.8) is 0 Å². The first-order chi connectivity index (χ1) is 9.90. The van der Waals surface area contributed by atoms with E-state index in [2.05, 4.69) is 18.8 Å². The molecule has 0 amide bonds. The third-order valence-electron chi connectivity index (χ3n) is 3.21. The molecule has 2 aromatic rings. The number of benzene rings is 1. The van der Waals surface area contributed by atoms with E-state index >= 15 is 0 Å². The van der Waals surface area contributed by atoms with Gasteiger partial charge in [0.25, 0.3) is 5.56 Å². The highest BCUT2D eigenvalue weighted by molar-refractivity contribution is 7.71. The molecule has 21 heavy (non-hydrogen) atoms. The Bertz CT molecular complexity index is 773. The maximum Gasteiger partial charge on any atom is 0.308 e. The predicted octanol–water partition coefficient (Wildman–Crippen LogP) is 2.65. The van der Waals surface area contributed by atoms with Gasteiger partial charge in [-0.3, -0.25) is 14.2 Å². The molecule has 0 radical (unpaired) electrons. The molecule has 0 aliphatic carbocycles. The van der Waals surface area contributed by atoms with Crippen molar-refractivity contribution in [2.45, 2.75) is 26.2 Å². The molecule has 6 heteroatoms. The van der Waals surface area contributed by atoms with Crippen LogP contribution < -0.4 is 5.56 Å². The van der Waals surface area contributed by atoms with Gasteiger partial charge in [0.05, 0.1) is 12.1 Å². The van der Waals surface area contributed by atoms with Crippen LogP contribution in [-0.2, 0) is 11.2 Å². The van der Waals surface area contributed by atoms with E-state index in [4.69, 9.17) is 17.3 Å². The van der Waals surface area contributed by atoms with Crippen molar-refractivity contribution in [2.24, 2.45) is 0 Å². The number of nitrogens with zero attached hydrogens (tertiary/aromatic N) is 1. The minimum Gasteiger partial charge on any atom is -0.481 e. The normalized spacial score (nSPS) is 10.8. The molecule has 1 heterocycles. The van der Waals surface area contributed by atoms with E-state index in [0.717, 1.165) is 5.56 Å². The molecule has 5 nitrogen and oxygen atoms in total. The third kappa shape index (κ3) is 3.28. The minimum absolute atomic E-state index is 0.170. The van der Waals surface area contributed by atoms with E-state index < -0.39 is 11.5 Å². The van der Waals surface area contributed by atoms with Crippen molar-refractivity contribution in [3.05, 3.63) is 56.7 Å². The van der Waals surface area contributed by atoms with E-state index in [-0.39, 0.29) is 16.8 Å². The molecule has 1 aromatic heterocycles. The Hall–Kier alpha value is -2.21. The molecule has 0 aliphatic heterocycles. The van der Waals surface area contributed by atoms with Gasteiger partial charge in [0.2, 0.25) is 0 Å². The summed E-state index contributed by atoms with van der Waals surface area (Å²) in [6.45, 7) is 4.17. The fraction of sp³-hybridized carbons (Fsp3) is 0.267. The van der Waals surface area contributed by atoms with Gasteiger partial charge < -0.3 is 10.1 Å². The lowest BCUT2D eigenvalue weighted by Gasteiger charge is -2.10. The lowest BCUT2D eigenvalue weighted by atomic mass is 10.0. The van der Waals surface area contributed by atoms with Crippen LogP contribution in [0.4, 0.5) is 0 Å². The van der Waals surface area contributed by atoms with E-state index in [1.54, 1.807) is 0 Å². The lowest BCUT2D eigenvalue weighted by molar-refractivity contribution is -0.136. The summed E-state index contributed by atoms with van der Waals surface area (Å²) in [6.07, 6.45) is 1.02. The summed E-state index contributed by atoms with van der Waals surface area (Å²) in [5.41, 5.74) is 1.55. The monoisotopic (exact) mass is 304 g/mol. The molecule has 0 atom stereocenters.